The maximum atomic E-state index is 13.8. The molecule has 0 saturated carbocycles. The number of carbonyl (C=O) groups is 2. The number of ether oxygens (including phenoxy) is 3. The third-order valence-electron chi connectivity index (χ3n) is 3.01. The molecule has 0 aromatic heterocycles. The minimum Gasteiger partial charge on any atom is -0.497 e. The fraction of sp³-hybridized carbons (Fsp3) is 0.556. The van der Waals surface area contributed by atoms with E-state index in [2.05, 4.69) is 5.32 Å². The molecule has 1 aromatic carbocycles. The van der Waals surface area contributed by atoms with E-state index < -0.39 is 28.8 Å². The van der Waals surface area contributed by atoms with Gasteiger partial charge in [-0.05, 0) is 46.8 Å². The van der Waals surface area contributed by atoms with Crippen molar-refractivity contribution >= 4 is 11.9 Å². The molecule has 0 fully saturated rings. The van der Waals surface area contributed by atoms with E-state index in [1.807, 2.05) is 0 Å². The van der Waals surface area contributed by atoms with Crippen LogP contribution in [-0.4, -0.2) is 43.3 Å². The number of carbonyl (C=O) groups excluding carboxylic acids is 2. The number of methoxy groups -OCH3 is 1. The molecule has 140 valence electrons. The summed E-state index contributed by atoms with van der Waals surface area (Å²) in [6.07, 6.45) is -0.575. The summed E-state index contributed by atoms with van der Waals surface area (Å²) in [5.41, 5.74) is -1.43. The minimum absolute atomic E-state index is 0.0652. The van der Waals surface area contributed by atoms with Crippen LogP contribution in [-0.2, 0) is 9.47 Å². The second kappa shape index (κ2) is 8.29. The van der Waals surface area contributed by atoms with Crippen LogP contribution in [0.3, 0.4) is 0 Å². The Morgan fingerprint density at radius 2 is 1.80 bits per heavy atom. The molecule has 1 rings (SSSR count). The topological polar surface area (TPSA) is 73.9 Å². The first kappa shape index (κ1) is 20.9. The highest BCUT2D eigenvalue weighted by molar-refractivity contribution is 5.97. The summed E-state index contributed by atoms with van der Waals surface area (Å²) >= 11 is 0. The minimum atomic E-state index is -0.749. The molecule has 1 N–H and O–H groups in total. The van der Waals surface area contributed by atoms with Gasteiger partial charge >= 0.3 is 6.09 Å². The number of hydrogen-bond donors (Lipinski definition) is 1. The van der Waals surface area contributed by atoms with E-state index in [9.17, 15) is 14.0 Å². The molecule has 0 spiro atoms. The van der Waals surface area contributed by atoms with Crippen molar-refractivity contribution in [3.05, 3.63) is 29.6 Å². The van der Waals surface area contributed by atoms with Gasteiger partial charge in [0.1, 0.15) is 23.8 Å². The Labute approximate surface area is 147 Å². The van der Waals surface area contributed by atoms with Gasteiger partial charge in [-0.1, -0.05) is 0 Å². The second-order valence-corrected chi connectivity index (χ2v) is 7.27. The summed E-state index contributed by atoms with van der Waals surface area (Å²) in [6.45, 7) is 8.51. The van der Waals surface area contributed by atoms with Gasteiger partial charge in [0, 0.05) is 6.07 Å². The van der Waals surface area contributed by atoms with Crippen LogP contribution >= 0.6 is 0 Å². The average molecular weight is 355 g/mol. The summed E-state index contributed by atoms with van der Waals surface area (Å²) in [5, 5.41) is 2.66. The number of nitrogens with one attached hydrogen (secondary N) is 1. The van der Waals surface area contributed by atoms with Crippen LogP contribution < -0.4 is 10.1 Å². The van der Waals surface area contributed by atoms with Gasteiger partial charge in [-0.25, -0.2) is 9.18 Å². The standard InChI is InChI=1S/C18H26FNO5/c1-17(2,3)25-16(22)20-18(4,5)11-24-10-15(21)13-8-7-12(23-6)9-14(13)19/h7-9H,10-11H2,1-6H3,(H,20,22). The number of benzene rings is 1. The van der Waals surface area contributed by atoms with Crippen molar-refractivity contribution in [2.24, 2.45) is 0 Å². The zero-order chi connectivity index (χ0) is 19.3. The number of hydrogen-bond acceptors (Lipinski definition) is 5. The SMILES string of the molecule is COc1ccc(C(=O)COCC(C)(C)NC(=O)OC(C)(C)C)c(F)c1. The maximum absolute atomic E-state index is 13.8. The lowest BCUT2D eigenvalue weighted by atomic mass is 10.1. The Balaban J connectivity index is 2.52. The fourth-order valence-corrected chi connectivity index (χ4v) is 1.94. The molecule has 6 nitrogen and oxygen atoms in total. The molecule has 25 heavy (non-hydrogen) atoms. The highest BCUT2D eigenvalue weighted by Crippen LogP contribution is 2.17. The molecule has 0 heterocycles. The van der Waals surface area contributed by atoms with Crippen molar-refractivity contribution in [2.45, 2.75) is 45.8 Å². The Bertz CT molecular complexity index is 622. The molecule has 0 unspecified atom stereocenters. The summed E-state index contributed by atoms with van der Waals surface area (Å²) in [7, 11) is 1.42. The normalized spacial score (nSPS) is 11.8. The molecule has 0 bridgehead atoms. The smallest absolute Gasteiger partial charge is 0.408 e. The van der Waals surface area contributed by atoms with Crippen LogP contribution in [0.4, 0.5) is 9.18 Å². The Morgan fingerprint density at radius 3 is 2.32 bits per heavy atom. The first-order valence-electron chi connectivity index (χ1n) is 7.89. The summed E-state index contributed by atoms with van der Waals surface area (Å²) in [6, 6.07) is 4.00. The van der Waals surface area contributed by atoms with E-state index in [0.29, 0.717) is 5.75 Å². The van der Waals surface area contributed by atoms with E-state index >= 15 is 0 Å². The third-order valence-corrected chi connectivity index (χ3v) is 3.01. The zero-order valence-corrected chi connectivity index (χ0v) is 15.6. The van der Waals surface area contributed by atoms with Crippen LogP contribution in [0.5, 0.6) is 5.75 Å². The highest BCUT2D eigenvalue weighted by Gasteiger charge is 2.25. The molecule has 0 aliphatic carbocycles. The molecular weight excluding hydrogens is 329 g/mol. The molecular formula is C18H26FNO5. The quantitative estimate of drug-likeness (QED) is 0.760. The van der Waals surface area contributed by atoms with E-state index in [-0.39, 0.29) is 18.8 Å². The molecule has 1 aromatic rings. The average Bonchev–Trinajstić information content (AvgIpc) is 2.43. The van der Waals surface area contributed by atoms with Crippen LogP contribution in [0.1, 0.15) is 45.0 Å². The van der Waals surface area contributed by atoms with Crippen LogP contribution in [0.15, 0.2) is 18.2 Å². The molecule has 0 radical (unpaired) electrons. The van der Waals surface area contributed by atoms with Gasteiger partial charge in [0.05, 0.1) is 24.8 Å². The van der Waals surface area contributed by atoms with Gasteiger partial charge in [0.2, 0.25) is 0 Å². The lowest BCUT2D eigenvalue weighted by Gasteiger charge is -2.28. The van der Waals surface area contributed by atoms with Crippen molar-refractivity contribution in [3.63, 3.8) is 0 Å². The Hall–Kier alpha value is -2.15. The number of ketones is 1. The summed E-state index contributed by atoms with van der Waals surface area (Å²) in [4.78, 5) is 23.8. The van der Waals surface area contributed by atoms with Gasteiger partial charge < -0.3 is 19.5 Å². The summed E-state index contributed by atoms with van der Waals surface area (Å²) in [5.74, 6) is -0.829. The Kier molecular flexibility index (Phi) is 6.93. The molecule has 1 amide bonds. The predicted octanol–water partition coefficient (Wildman–Crippen LogP) is 3.34. The number of amides is 1. The number of Topliss-reactive ketones (excluding diaryl/α,β-unsaturated/α-hetero) is 1. The van der Waals surface area contributed by atoms with Crippen molar-refractivity contribution in [1.82, 2.24) is 5.32 Å². The van der Waals surface area contributed by atoms with Gasteiger partial charge in [-0.3, -0.25) is 4.79 Å². The van der Waals surface area contributed by atoms with E-state index in [0.717, 1.165) is 6.07 Å². The fourth-order valence-electron chi connectivity index (χ4n) is 1.94. The van der Waals surface area contributed by atoms with Crippen molar-refractivity contribution in [3.8, 4) is 5.75 Å². The van der Waals surface area contributed by atoms with E-state index in [1.54, 1.807) is 34.6 Å². The van der Waals surface area contributed by atoms with Gasteiger partial charge in [-0.2, -0.15) is 0 Å². The molecule has 0 aliphatic rings. The lowest BCUT2D eigenvalue weighted by Crippen LogP contribution is -2.49. The lowest BCUT2D eigenvalue weighted by molar-refractivity contribution is 0.0348. The Morgan fingerprint density at radius 1 is 1.16 bits per heavy atom. The predicted molar refractivity (Wildman–Crippen MR) is 91.6 cm³/mol. The number of halogens is 1. The van der Waals surface area contributed by atoms with Gasteiger partial charge in [-0.15, -0.1) is 0 Å². The highest BCUT2D eigenvalue weighted by atomic mass is 19.1. The maximum Gasteiger partial charge on any atom is 0.408 e. The van der Waals surface area contributed by atoms with Crippen LogP contribution in [0.25, 0.3) is 0 Å². The molecule has 0 atom stereocenters. The first-order chi connectivity index (χ1) is 11.4. The van der Waals surface area contributed by atoms with Crippen molar-refractivity contribution in [2.75, 3.05) is 20.3 Å². The number of rotatable bonds is 7. The van der Waals surface area contributed by atoms with Crippen molar-refractivity contribution in [1.29, 1.82) is 0 Å². The van der Waals surface area contributed by atoms with Gasteiger partial charge in [0.15, 0.2) is 5.78 Å². The summed E-state index contributed by atoms with van der Waals surface area (Å²) < 4.78 is 29.3. The van der Waals surface area contributed by atoms with Crippen LogP contribution in [0, 0.1) is 5.82 Å². The zero-order valence-electron chi connectivity index (χ0n) is 15.6. The molecule has 0 saturated heterocycles. The number of alkyl carbamates (subject to hydrolysis) is 1. The van der Waals surface area contributed by atoms with Crippen LogP contribution in [0.2, 0.25) is 0 Å². The van der Waals surface area contributed by atoms with E-state index in [4.69, 9.17) is 14.2 Å². The third kappa shape index (κ3) is 7.51. The van der Waals surface area contributed by atoms with E-state index in [1.165, 1.54) is 19.2 Å². The molecule has 7 heteroatoms. The first-order valence-corrected chi connectivity index (χ1v) is 7.89. The van der Waals surface area contributed by atoms with Gasteiger partial charge in [0.25, 0.3) is 0 Å². The molecule has 0 aliphatic heterocycles. The van der Waals surface area contributed by atoms with Crippen molar-refractivity contribution < 1.29 is 28.2 Å². The monoisotopic (exact) mass is 355 g/mol. The second-order valence-electron chi connectivity index (χ2n) is 7.27. The largest absolute Gasteiger partial charge is 0.497 e.